The first kappa shape index (κ1) is 17.1. The smallest absolute Gasteiger partial charge is 0.252 e. The summed E-state index contributed by atoms with van der Waals surface area (Å²) in [6.07, 6.45) is 0. The summed E-state index contributed by atoms with van der Waals surface area (Å²) >= 11 is 5.48. The van der Waals surface area contributed by atoms with Gasteiger partial charge < -0.3 is 14.0 Å². The Hall–Kier alpha value is -0.986. The van der Waals surface area contributed by atoms with Gasteiger partial charge >= 0.3 is 0 Å². The largest absolute Gasteiger partial charge is 0.542 e. The van der Waals surface area contributed by atoms with Crippen LogP contribution in [0.3, 0.4) is 0 Å². The molecule has 20 heavy (non-hydrogen) atoms. The fourth-order valence-electron chi connectivity index (χ4n) is 1.52. The Morgan fingerprint density at radius 3 is 1.95 bits per heavy atom. The van der Waals surface area contributed by atoms with Crippen LogP contribution in [0.4, 0.5) is 0 Å². The molecule has 0 aromatic heterocycles. The first-order valence-electron chi connectivity index (χ1n) is 6.34. The molecule has 0 atom stereocenters. The molecule has 0 aliphatic heterocycles. The summed E-state index contributed by atoms with van der Waals surface area (Å²) in [6, 6.07) is 2.84. The van der Waals surface area contributed by atoms with E-state index in [-0.39, 0.29) is 11.3 Å². The summed E-state index contributed by atoms with van der Waals surface area (Å²) < 4.78 is 11.8. The molecule has 112 valence electrons. The normalized spacial score (nSPS) is 12.2. The maximum atomic E-state index is 11.3. The number of carbonyl (C=O) groups is 1. The average Bonchev–Trinajstić information content (AvgIpc) is 2.18. The summed E-state index contributed by atoms with van der Waals surface area (Å²) in [5, 5.41) is 9.46. The van der Waals surface area contributed by atoms with Crippen molar-refractivity contribution in [2.24, 2.45) is 0 Å². The van der Waals surface area contributed by atoms with E-state index in [9.17, 15) is 9.90 Å². The zero-order valence-corrected chi connectivity index (χ0v) is 15.5. The van der Waals surface area contributed by atoms with E-state index in [1.165, 1.54) is 12.1 Å². The second-order valence-corrected chi connectivity index (χ2v) is 15.7. The molecular weight excluding hydrogens is 312 g/mol. The summed E-state index contributed by atoms with van der Waals surface area (Å²) in [6.45, 7) is 12.1. The lowest BCUT2D eigenvalue weighted by Crippen LogP contribution is -2.32. The van der Waals surface area contributed by atoms with E-state index in [0.717, 1.165) is 0 Å². The molecule has 0 aliphatic rings. The van der Waals surface area contributed by atoms with Crippen molar-refractivity contribution in [1.29, 1.82) is 0 Å². The fourth-order valence-corrected chi connectivity index (χ4v) is 3.25. The molecule has 0 bridgehead atoms. The Kier molecular flexibility index (Phi) is 4.94. The minimum atomic E-state index is -1.92. The topological polar surface area (TPSA) is 55.8 Å². The van der Waals surface area contributed by atoms with Crippen molar-refractivity contribution in [1.82, 2.24) is 0 Å². The highest BCUT2D eigenvalue weighted by Crippen LogP contribution is 2.41. The quantitative estimate of drug-likeness (QED) is 0.648. The molecule has 7 heteroatoms. The lowest BCUT2D eigenvalue weighted by Gasteiger charge is -2.26. The van der Waals surface area contributed by atoms with Gasteiger partial charge in [-0.3, -0.25) is 4.79 Å². The van der Waals surface area contributed by atoms with Gasteiger partial charge in [0.1, 0.15) is 5.75 Å². The number of phenols is 1. The van der Waals surface area contributed by atoms with Crippen LogP contribution in [0, 0.1) is 0 Å². The third-order valence-corrected chi connectivity index (χ3v) is 3.95. The Bertz CT molecular complexity index is 518. The van der Waals surface area contributed by atoms with Crippen molar-refractivity contribution in [3.05, 3.63) is 17.7 Å². The monoisotopic (exact) mass is 332 g/mol. The summed E-state index contributed by atoms with van der Waals surface area (Å²) in [4.78, 5) is 11.3. The van der Waals surface area contributed by atoms with Crippen LogP contribution in [0.2, 0.25) is 39.3 Å². The standard InChI is InChI=1S/C13H21ClO4Si2/c1-19(2,3)17-11-8-9(13(14)16)7-10(15)12(11)18-20(4,5)6/h7-8,15H,1-6H3. The number of carbonyl (C=O) groups excluding carboxylic acids is 1. The number of phenolic OH excluding ortho intramolecular Hbond substituents is 1. The van der Waals surface area contributed by atoms with Gasteiger partial charge in [0.2, 0.25) is 16.6 Å². The lowest BCUT2D eigenvalue weighted by atomic mass is 10.2. The van der Waals surface area contributed by atoms with Crippen molar-refractivity contribution in [3.63, 3.8) is 0 Å². The minimum Gasteiger partial charge on any atom is -0.542 e. The molecule has 0 unspecified atom stereocenters. The number of rotatable bonds is 5. The van der Waals surface area contributed by atoms with Crippen LogP contribution in [0.5, 0.6) is 17.2 Å². The minimum absolute atomic E-state index is 0.118. The zero-order valence-electron chi connectivity index (χ0n) is 12.7. The summed E-state index contributed by atoms with van der Waals surface area (Å²) in [7, 11) is -3.84. The molecule has 1 aromatic rings. The van der Waals surface area contributed by atoms with E-state index in [0.29, 0.717) is 11.5 Å². The molecule has 0 radical (unpaired) electrons. The molecular formula is C13H21ClO4Si2. The first-order chi connectivity index (χ1) is 8.89. The van der Waals surface area contributed by atoms with Gasteiger partial charge in [-0.15, -0.1) is 0 Å². The molecule has 0 saturated carbocycles. The van der Waals surface area contributed by atoms with Gasteiger partial charge in [-0.1, -0.05) is 0 Å². The van der Waals surface area contributed by atoms with Gasteiger partial charge in [0, 0.05) is 5.56 Å². The van der Waals surface area contributed by atoms with Crippen LogP contribution >= 0.6 is 11.6 Å². The van der Waals surface area contributed by atoms with E-state index in [4.69, 9.17) is 20.5 Å². The van der Waals surface area contributed by atoms with Crippen molar-refractivity contribution in [2.75, 3.05) is 0 Å². The molecule has 1 N–H and O–H groups in total. The molecule has 0 amide bonds. The Labute approximate surface area is 126 Å². The van der Waals surface area contributed by atoms with Crippen molar-refractivity contribution in [2.45, 2.75) is 39.3 Å². The average molecular weight is 333 g/mol. The summed E-state index contributed by atoms with van der Waals surface area (Å²) in [5.74, 6) is 0.566. The maximum absolute atomic E-state index is 11.3. The molecule has 0 aliphatic carbocycles. The second kappa shape index (κ2) is 5.79. The van der Waals surface area contributed by atoms with Crippen molar-refractivity contribution >= 4 is 33.5 Å². The molecule has 4 nitrogen and oxygen atoms in total. The molecule has 0 spiro atoms. The van der Waals surface area contributed by atoms with E-state index >= 15 is 0 Å². The van der Waals surface area contributed by atoms with Crippen LogP contribution in [0.25, 0.3) is 0 Å². The van der Waals surface area contributed by atoms with Crippen LogP contribution < -0.4 is 8.85 Å². The summed E-state index contributed by atoms with van der Waals surface area (Å²) in [5.41, 5.74) is 0.195. The van der Waals surface area contributed by atoms with Crippen LogP contribution in [0.1, 0.15) is 10.4 Å². The SMILES string of the molecule is C[Si](C)(C)Oc1cc(C(=O)Cl)cc(O)c1O[Si](C)(C)C. The fraction of sp³-hybridized carbons (Fsp3) is 0.462. The molecule has 0 fully saturated rings. The molecule has 0 saturated heterocycles. The highest BCUT2D eigenvalue weighted by Gasteiger charge is 2.26. The number of hydrogen-bond acceptors (Lipinski definition) is 4. The van der Waals surface area contributed by atoms with Gasteiger partial charge in [0.15, 0.2) is 11.5 Å². The van der Waals surface area contributed by atoms with Crippen LogP contribution in [-0.2, 0) is 0 Å². The second-order valence-electron chi connectivity index (χ2n) is 6.53. The maximum Gasteiger partial charge on any atom is 0.252 e. The molecule has 1 rings (SSSR count). The lowest BCUT2D eigenvalue weighted by molar-refractivity contribution is 0.108. The highest BCUT2D eigenvalue weighted by molar-refractivity contribution is 6.71. The molecule has 1 aromatic carbocycles. The predicted molar refractivity (Wildman–Crippen MR) is 86.2 cm³/mol. The molecule has 0 heterocycles. The zero-order chi connectivity index (χ0) is 15.7. The van der Waals surface area contributed by atoms with Gasteiger partial charge in [0.25, 0.3) is 5.24 Å². The Balaban J connectivity index is 3.36. The van der Waals surface area contributed by atoms with Gasteiger partial charge in [0.05, 0.1) is 0 Å². The first-order valence-corrected chi connectivity index (χ1v) is 13.5. The predicted octanol–water partition coefficient (Wildman–Crippen LogP) is 4.20. The van der Waals surface area contributed by atoms with Gasteiger partial charge in [-0.2, -0.15) is 0 Å². The number of benzene rings is 1. The van der Waals surface area contributed by atoms with E-state index in [2.05, 4.69) is 0 Å². The third kappa shape index (κ3) is 5.18. The highest BCUT2D eigenvalue weighted by atomic mass is 35.5. The van der Waals surface area contributed by atoms with Crippen molar-refractivity contribution in [3.8, 4) is 17.2 Å². The van der Waals surface area contributed by atoms with E-state index in [1.807, 2.05) is 39.3 Å². The van der Waals surface area contributed by atoms with E-state index in [1.54, 1.807) is 0 Å². The number of hydrogen-bond donors (Lipinski definition) is 1. The van der Waals surface area contributed by atoms with Gasteiger partial charge in [-0.05, 0) is 63.0 Å². The third-order valence-electron chi connectivity index (χ3n) is 2.09. The Morgan fingerprint density at radius 2 is 1.55 bits per heavy atom. The number of aromatic hydroxyl groups is 1. The van der Waals surface area contributed by atoms with E-state index < -0.39 is 21.9 Å². The van der Waals surface area contributed by atoms with Crippen molar-refractivity contribution < 1.29 is 18.8 Å². The number of halogens is 1. The van der Waals surface area contributed by atoms with Crippen LogP contribution in [-0.4, -0.2) is 27.0 Å². The van der Waals surface area contributed by atoms with Crippen LogP contribution in [0.15, 0.2) is 12.1 Å². The van der Waals surface area contributed by atoms with Gasteiger partial charge in [-0.25, -0.2) is 0 Å². The Morgan fingerprint density at radius 1 is 1.05 bits per heavy atom.